The minimum Gasteiger partial charge on any atom is -0.495 e. The summed E-state index contributed by atoms with van der Waals surface area (Å²) in [5, 5.41) is 7.98. The predicted molar refractivity (Wildman–Crippen MR) is 125 cm³/mol. The summed E-state index contributed by atoms with van der Waals surface area (Å²) in [4.78, 5) is 9.17. The molecular weight excluding hydrogens is 388 g/mol. The molecule has 0 saturated carbocycles. The van der Waals surface area contributed by atoms with E-state index in [9.17, 15) is 0 Å². The minimum atomic E-state index is 0.703. The fraction of sp³-hybridized carbons (Fsp3) is 0.333. The van der Waals surface area contributed by atoms with Crippen molar-refractivity contribution in [3.8, 4) is 5.75 Å². The summed E-state index contributed by atoms with van der Waals surface area (Å²) in [6.45, 7) is 5.15. The number of hydrogen-bond acceptors (Lipinski definition) is 4. The maximum atomic E-state index is 5.52. The molecule has 1 aliphatic heterocycles. The van der Waals surface area contributed by atoms with Crippen LogP contribution in [0.4, 0.5) is 5.69 Å². The minimum absolute atomic E-state index is 0.703. The molecule has 3 aromatic rings. The van der Waals surface area contributed by atoms with Gasteiger partial charge < -0.3 is 19.9 Å². The molecule has 0 radical (unpaired) electrons. The van der Waals surface area contributed by atoms with Gasteiger partial charge in [-0.25, -0.2) is 0 Å². The first-order valence-electron chi connectivity index (χ1n) is 10.7. The number of aliphatic imine (C=N–C) groups is 1. The Morgan fingerprint density at radius 2 is 1.74 bits per heavy atom. The van der Waals surface area contributed by atoms with Gasteiger partial charge in [0.05, 0.1) is 25.5 Å². The molecule has 31 heavy (non-hydrogen) atoms. The quantitative estimate of drug-likeness (QED) is 0.493. The van der Waals surface area contributed by atoms with E-state index in [1.54, 1.807) is 7.11 Å². The Morgan fingerprint density at radius 1 is 1.00 bits per heavy atom. The van der Waals surface area contributed by atoms with Crippen LogP contribution >= 0.6 is 0 Å². The van der Waals surface area contributed by atoms with Crippen molar-refractivity contribution in [2.45, 2.75) is 13.1 Å². The molecule has 2 heterocycles. The second kappa shape index (κ2) is 10.0. The number of hydrogen-bond donors (Lipinski definition) is 1. The van der Waals surface area contributed by atoms with Gasteiger partial charge in [0.2, 0.25) is 0 Å². The normalized spacial score (nSPS) is 14.6. The number of benzene rings is 2. The van der Waals surface area contributed by atoms with Gasteiger partial charge in [0.25, 0.3) is 0 Å². The SMILES string of the molecule is CN=C(NCc1cnn(Cc2ccccc2)c1)N1CCN(c2ccccc2OC)CC1. The Labute approximate surface area is 184 Å². The van der Waals surface area contributed by atoms with Gasteiger partial charge in [-0.2, -0.15) is 5.10 Å². The molecule has 162 valence electrons. The highest BCUT2D eigenvalue weighted by molar-refractivity contribution is 5.80. The van der Waals surface area contributed by atoms with E-state index in [1.165, 1.54) is 5.56 Å². The summed E-state index contributed by atoms with van der Waals surface area (Å²) in [6.07, 6.45) is 4.01. The molecule has 0 spiro atoms. The third-order valence-corrected chi connectivity index (χ3v) is 5.54. The van der Waals surface area contributed by atoms with Gasteiger partial charge in [-0.15, -0.1) is 0 Å². The standard InChI is InChI=1S/C24H30N6O/c1-25-24(26-16-21-17-27-30(19-21)18-20-8-4-3-5-9-20)29-14-12-28(13-15-29)22-10-6-7-11-23(22)31-2/h3-11,17,19H,12-16,18H2,1-2H3,(H,25,26). The van der Waals surface area contributed by atoms with Crippen LogP contribution in [0.2, 0.25) is 0 Å². The average molecular weight is 419 g/mol. The lowest BCUT2D eigenvalue weighted by molar-refractivity contribution is 0.367. The molecule has 7 heteroatoms. The summed E-state index contributed by atoms with van der Waals surface area (Å²) >= 11 is 0. The van der Waals surface area contributed by atoms with Gasteiger partial charge in [-0.1, -0.05) is 42.5 Å². The van der Waals surface area contributed by atoms with Crippen molar-refractivity contribution in [2.75, 3.05) is 45.2 Å². The van der Waals surface area contributed by atoms with Crippen LogP contribution in [-0.4, -0.2) is 61.0 Å². The van der Waals surface area contributed by atoms with Crippen LogP contribution in [0.15, 0.2) is 72.0 Å². The molecule has 0 aliphatic carbocycles. The zero-order valence-corrected chi connectivity index (χ0v) is 18.2. The van der Waals surface area contributed by atoms with Crippen LogP contribution in [0.1, 0.15) is 11.1 Å². The predicted octanol–water partition coefficient (Wildman–Crippen LogP) is 2.84. The molecule has 1 saturated heterocycles. The molecular formula is C24H30N6O. The zero-order chi connectivity index (χ0) is 21.5. The molecule has 0 unspecified atom stereocenters. The summed E-state index contributed by atoms with van der Waals surface area (Å²) in [5.74, 6) is 1.85. The number of nitrogens with zero attached hydrogens (tertiary/aromatic N) is 5. The van der Waals surface area contributed by atoms with E-state index >= 15 is 0 Å². The average Bonchev–Trinajstić information content (AvgIpc) is 3.27. The van der Waals surface area contributed by atoms with Crippen molar-refractivity contribution in [2.24, 2.45) is 4.99 Å². The van der Waals surface area contributed by atoms with E-state index in [0.717, 1.165) is 55.7 Å². The lowest BCUT2D eigenvalue weighted by Gasteiger charge is -2.38. The van der Waals surface area contributed by atoms with E-state index in [4.69, 9.17) is 4.74 Å². The molecule has 1 fully saturated rings. The second-order valence-electron chi connectivity index (χ2n) is 7.58. The first kappa shape index (κ1) is 20.8. The van der Waals surface area contributed by atoms with E-state index in [0.29, 0.717) is 6.54 Å². The first-order valence-corrected chi connectivity index (χ1v) is 10.7. The molecule has 4 rings (SSSR count). The lowest BCUT2D eigenvalue weighted by Crippen LogP contribution is -2.52. The Bertz CT molecular complexity index is 992. The van der Waals surface area contributed by atoms with E-state index in [1.807, 2.05) is 36.1 Å². The van der Waals surface area contributed by atoms with Crippen molar-refractivity contribution in [3.05, 3.63) is 78.1 Å². The summed E-state index contributed by atoms with van der Waals surface area (Å²) in [6, 6.07) is 18.6. The smallest absolute Gasteiger partial charge is 0.194 e. The van der Waals surface area contributed by atoms with Gasteiger partial charge in [0.15, 0.2) is 5.96 Å². The molecule has 7 nitrogen and oxygen atoms in total. The summed E-state index contributed by atoms with van der Waals surface area (Å²) < 4.78 is 7.50. The third kappa shape index (κ3) is 5.17. The third-order valence-electron chi connectivity index (χ3n) is 5.54. The Morgan fingerprint density at radius 3 is 2.48 bits per heavy atom. The lowest BCUT2D eigenvalue weighted by atomic mass is 10.2. The molecule has 1 aromatic heterocycles. The van der Waals surface area contributed by atoms with Crippen LogP contribution in [0.25, 0.3) is 0 Å². The number of aromatic nitrogens is 2. The van der Waals surface area contributed by atoms with Crippen LogP contribution in [-0.2, 0) is 13.1 Å². The van der Waals surface area contributed by atoms with Gasteiger partial charge in [0.1, 0.15) is 5.75 Å². The number of para-hydroxylation sites is 2. The van der Waals surface area contributed by atoms with Gasteiger partial charge in [-0.05, 0) is 17.7 Å². The number of nitrogens with one attached hydrogen (secondary N) is 1. The Kier molecular flexibility index (Phi) is 6.72. The molecule has 1 aliphatic rings. The van der Waals surface area contributed by atoms with Crippen LogP contribution in [0, 0.1) is 0 Å². The molecule has 0 bridgehead atoms. The van der Waals surface area contributed by atoms with Crippen LogP contribution < -0.4 is 15.0 Å². The maximum Gasteiger partial charge on any atom is 0.194 e. The maximum absolute atomic E-state index is 5.52. The molecule has 2 aromatic carbocycles. The molecule has 1 N–H and O–H groups in total. The van der Waals surface area contributed by atoms with E-state index in [-0.39, 0.29) is 0 Å². The number of rotatable bonds is 6. The Balaban J connectivity index is 1.29. The van der Waals surface area contributed by atoms with Crippen molar-refractivity contribution in [1.29, 1.82) is 0 Å². The number of ether oxygens (including phenoxy) is 1. The number of piperazine rings is 1. The van der Waals surface area contributed by atoms with Crippen LogP contribution in [0.3, 0.4) is 0 Å². The Hall–Kier alpha value is -3.48. The van der Waals surface area contributed by atoms with Crippen molar-refractivity contribution >= 4 is 11.6 Å². The number of guanidine groups is 1. The topological polar surface area (TPSA) is 57.9 Å². The highest BCUT2D eigenvalue weighted by atomic mass is 16.5. The van der Waals surface area contributed by atoms with Crippen molar-refractivity contribution < 1.29 is 4.74 Å². The molecule has 0 amide bonds. The highest BCUT2D eigenvalue weighted by Gasteiger charge is 2.21. The largest absolute Gasteiger partial charge is 0.495 e. The fourth-order valence-corrected chi connectivity index (χ4v) is 3.92. The number of methoxy groups -OCH3 is 1. The van der Waals surface area contributed by atoms with Gasteiger partial charge in [0, 0.05) is 51.5 Å². The fourth-order valence-electron chi connectivity index (χ4n) is 3.92. The first-order chi connectivity index (χ1) is 15.3. The molecule has 0 atom stereocenters. The van der Waals surface area contributed by atoms with Crippen LogP contribution in [0.5, 0.6) is 5.75 Å². The van der Waals surface area contributed by atoms with E-state index < -0.39 is 0 Å². The monoisotopic (exact) mass is 418 g/mol. The highest BCUT2D eigenvalue weighted by Crippen LogP contribution is 2.28. The van der Waals surface area contributed by atoms with Gasteiger partial charge in [-0.3, -0.25) is 9.67 Å². The number of anilines is 1. The summed E-state index contributed by atoms with van der Waals surface area (Å²) in [7, 11) is 3.57. The van der Waals surface area contributed by atoms with Gasteiger partial charge >= 0.3 is 0 Å². The van der Waals surface area contributed by atoms with Crippen molar-refractivity contribution in [1.82, 2.24) is 20.0 Å². The zero-order valence-electron chi connectivity index (χ0n) is 18.2. The second-order valence-corrected chi connectivity index (χ2v) is 7.58. The van der Waals surface area contributed by atoms with E-state index in [2.05, 4.69) is 67.8 Å². The van der Waals surface area contributed by atoms with Crippen molar-refractivity contribution in [3.63, 3.8) is 0 Å². The summed E-state index contributed by atoms with van der Waals surface area (Å²) in [5.41, 5.74) is 3.54.